The molecule has 0 spiro atoms. The molecule has 58 heavy (non-hydrogen) atoms. The van der Waals surface area contributed by atoms with E-state index in [2.05, 4.69) is 31.2 Å². The lowest BCUT2D eigenvalue weighted by molar-refractivity contribution is -0.161. The first-order valence-corrected chi connectivity index (χ1v) is 22.9. The van der Waals surface area contributed by atoms with Crippen LogP contribution in [-0.4, -0.2) is 82.9 Å². The highest BCUT2D eigenvalue weighted by Gasteiger charge is 2.26. The first kappa shape index (κ1) is 55.1. The topological polar surface area (TPSA) is 195 Å². The molecule has 0 bridgehead atoms. The van der Waals surface area contributed by atoms with Gasteiger partial charge in [-0.2, -0.15) is 0 Å². The molecule has 0 aromatic carbocycles. The van der Waals surface area contributed by atoms with E-state index in [1.165, 1.54) is 44.6 Å². The Bertz CT molecular complexity index is 1280. The Kier molecular flexibility index (Phi) is 37.5. The number of carbonyl (C=O) groups excluding carboxylic acids is 2. The second-order valence-electron chi connectivity index (χ2n) is 14.0. The van der Waals surface area contributed by atoms with E-state index in [0.717, 1.165) is 44.9 Å². The van der Waals surface area contributed by atoms with E-state index in [9.17, 15) is 34.4 Å². The van der Waals surface area contributed by atoms with Crippen molar-refractivity contribution in [1.29, 1.82) is 0 Å². The number of phosphoric ester groups is 1. The quantitative estimate of drug-likeness (QED) is 0.0130. The van der Waals surface area contributed by atoms with Crippen LogP contribution in [0.25, 0.3) is 0 Å². The minimum atomic E-state index is -4.48. The largest absolute Gasteiger partial charge is 0.472 e. The van der Waals surface area contributed by atoms with Gasteiger partial charge in [-0.15, -0.1) is 0 Å². The molecule has 0 fully saturated rings. The Balaban J connectivity index is 4.53. The zero-order valence-electron chi connectivity index (χ0n) is 35.3. The fourth-order valence-corrected chi connectivity index (χ4v) is 6.06. The summed E-state index contributed by atoms with van der Waals surface area (Å²) in [7, 11) is -4.48. The van der Waals surface area contributed by atoms with Gasteiger partial charge in [-0.25, -0.2) is 4.57 Å². The van der Waals surface area contributed by atoms with Crippen molar-refractivity contribution >= 4 is 19.8 Å². The molecule has 6 N–H and O–H groups in total. The normalized spacial score (nSPS) is 15.8. The van der Waals surface area contributed by atoms with Gasteiger partial charge < -0.3 is 35.4 Å². The summed E-state index contributed by atoms with van der Waals surface area (Å²) in [5.74, 6) is -1.18. The number of hydrogen-bond donors (Lipinski definition) is 5. The number of allylic oxidation sites excluding steroid dienone is 11. The Morgan fingerprint density at radius 2 is 1.28 bits per heavy atom. The molecule has 0 saturated carbocycles. The predicted octanol–water partition coefficient (Wildman–Crippen LogP) is 8.96. The fraction of sp³-hybridized carbons (Fsp3) is 0.644. The lowest BCUT2D eigenvalue weighted by atomic mass is 10.1. The average Bonchev–Trinajstić information content (AvgIpc) is 3.20. The van der Waals surface area contributed by atoms with E-state index < -0.39 is 50.8 Å². The van der Waals surface area contributed by atoms with Gasteiger partial charge in [0.2, 0.25) is 0 Å². The molecule has 0 aliphatic rings. The second-order valence-corrected chi connectivity index (χ2v) is 15.5. The van der Waals surface area contributed by atoms with Crippen molar-refractivity contribution in [2.75, 3.05) is 26.4 Å². The number of esters is 2. The van der Waals surface area contributed by atoms with Gasteiger partial charge in [0, 0.05) is 19.4 Å². The van der Waals surface area contributed by atoms with Crippen LogP contribution in [0.2, 0.25) is 0 Å². The Morgan fingerprint density at radius 3 is 1.93 bits per heavy atom. The van der Waals surface area contributed by atoms with Gasteiger partial charge in [-0.1, -0.05) is 144 Å². The van der Waals surface area contributed by atoms with Crippen molar-refractivity contribution in [2.45, 2.75) is 160 Å². The molecule has 0 heterocycles. The molecular formula is C45H76NO11P. The summed E-state index contributed by atoms with van der Waals surface area (Å²) >= 11 is 0. The third-order valence-corrected chi connectivity index (χ3v) is 9.59. The zero-order chi connectivity index (χ0) is 43.0. The first-order valence-electron chi connectivity index (χ1n) is 21.4. The Morgan fingerprint density at radius 1 is 0.672 bits per heavy atom. The van der Waals surface area contributed by atoms with Gasteiger partial charge in [0.25, 0.3) is 0 Å². The molecule has 0 aliphatic heterocycles. The SMILES string of the molecule is CC/C=C\C[C@H](O)/C=C/C=C/C=C\C=C/[C@@H](O)[C@H](O)CCCC(=O)O[C@H](COC(=O)CCCCCCCCC/C=C\C/C=C\CCCCC)COP(=O)(O)OCCN. The highest BCUT2D eigenvalue weighted by molar-refractivity contribution is 7.47. The van der Waals surface area contributed by atoms with Gasteiger partial charge in [0.05, 0.1) is 31.5 Å². The van der Waals surface area contributed by atoms with E-state index >= 15 is 0 Å². The van der Waals surface area contributed by atoms with Gasteiger partial charge in [-0.05, 0) is 64.2 Å². The molecule has 1 unspecified atom stereocenters. The third-order valence-electron chi connectivity index (χ3n) is 8.61. The van der Waals surface area contributed by atoms with E-state index in [-0.39, 0.29) is 45.4 Å². The molecule has 0 aromatic rings. The van der Waals surface area contributed by atoms with Gasteiger partial charge in [-0.3, -0.25) is 18.6 Å². The monoisotopic (exact) mass is 838 g/mol. The molecule has 12 nitrogen and oxygen atoms in total. The fourth-order valence-electron chi connectivity index (χ4n) is 5.30. The van der Waals surface area contributed by atoms with Crippen molar-refractivity contribution in [3.63, 3.8) is 0 Å². The third kappa shape index (κ3) is 37.3. The van der Waals surface area contributed by atoms with Gasteiger partial charge in [0.15, 0.2) is 6.10 Å². The van der Waals surface area contributed by atoms with Crippen molar-refractivity contribution in [3.05, 3.63) is 85.1 Å². The highest BCUT2D eigenvalue weighted by Crippen LogP contribution is 2.43. The maximum atomic E-state index is 12.6. The molecule has 332 valence electrons. The summed E-state index contributed by atoms with van der Waals surface area (Å²) in [6, 6.07) is 0. The molecule has 0 amide bonds. The molecule has 0 aromatic heterocycles. The van der Waals surface area contributed by atoms with Crippen molar-refractivity contribution < 1.29 is 52.9 Å². The number of phosphoric acid groups is 1. The maximum absolute atomic E-state index is 12.6. The highest BCUT2D eigenvalue weighted by atomic mass is 31.2. The van der Waals surface area contributed by atoms with Crippen molar-refractivity contribution in [1.82, 2.24) is 0 Å². The average molecular weight is 838 g/mol. The predicted molar refractivity (Wildman–Crippen MR) is 233 cm³/mol. The molecule has 0 rings (SSSR count). The van der Waals surface area contributed by atoms with Crippen LogP contribution in [0.1, 0.15) is 136 Å². The van der Waals surface area contributed by atoms with Crippen LogP contribution in [0.4, 0.5) is 0 Å². The van der Waals surface area contributed by atoms with E-state index in [4.69, 9.17) is 24.3 Å². The van der Waals surface area contributed by atoms with Gasteiger partial charge >= 0.3 is 19.8 Å². The number of ether oxygens (including phenoxy) is 2. The number of unbranched alkanes of at least 4 members (excludes halogenated alkanes) is 10. The number of aliphatic hydroxyl groups excluding tert-OH is 3. The van der Waals surface area contributed by atoms with Crippen LogP contribution >= 0.6 is 7.82 Å². The van der Waals surface area contributed by atoms with E-state index in [1.807, 2.05) is 19.1 Å². The van der Waals surface area contributed by atoms with E-state index in [1.54, 1.807) is 42.5 Å². The van der Waals surface area contributed by atoms with Crippen LogP contribution < -0.4 is 5.73 Å². The zero-order valence-corrected chi connectivity index (χ0v) is 36.2. The summed E-state index contributed by atoms with van der Waals surface area (Å²) in [6.07, 6.45) is 38.4. The summed E-state index contributed by atoms with van der Waals surface area (Å²) in [4.78, 5) is 34.9. The van der Waals surface area contributed by atoms with Crippen LogP contribution in [-0.2, 0) is 32.7 Å². The molecule has 5 atom stereocenters. The number of aliphatic hydroxyl groups is 3. The summed E-state index contributed by atoms with van der Waals surface area (Å²) in [5, 5.41) is 30.4. The van der Waals surface area contributed by atoms with Crippen LogP contribution in [0.5, 0.6) is 0 Å². The smallest absolute Gasteiger partial charge is 0.462 e. The minimum absolute atomic E-state index is 0.00838. The maximum Gasteiger partial charge on any atom is 0.472 e. The van der Waals surface area contributed by atoms with Gasteiger partial charge in [0.1, 0.15) is 6.61 Å². The van der Waals surface area contributed by atoms with Crippen molar-refractivity contribution in [3.8, 4) is 0 Å². The minimum Gasteiger partial charge on any atom is -0.462 e. The molecule has 0 aliphatic carbocycles. The number of nitrogens with two attached hydrogens (primary N) is 1. The number of carbonyl (C=O) groups is 2. The van der Waals surface area contributed by atoms with E-state index in [0.29, 0.717) is 12.8 Å². The lowest BCUT2D eigenvalue weighted by Gasteiger charge is -2.20. The molecule has 0 saturated heterocycles. The number of hydrogen-bond acceptors (Lipinski definition) is 11. The second kappa shape index (κ2) is 39.5. The standard InChI is InChI=1S/C45H76NO11P/c1-3-5-7-8-9-10-11-12-13-14-15-16-17-18-19-24-28-34-44(50)54-38-41(39-56-58(52,53)55-37-36-46)57-45(51)35-29-33-43(49)42(48)32-27-23-21-20-22-26-31-40(47)30-25-6-4-2/h6,9-10,12-13,20-23,25-27,31-32,40-43,47-49H,3-5,7-8,11,14-19,24,28-30,33-39,46H2,1-2H3,(H,52,53)/b10-9-,13-12-,22-20+,23-21-,25-6-,31-26+,32-27-/t40-,41+,42+,43+/m0/s1. The lowest BCUT2D eigenvalue weighted by Crippen LogP contribution is -2.30. The molecule has 13 heteroatoms. The Hall–Kier alpha value is -2.93. The Labute approximate surface area is 349 Å². The summed E-state index contributed by atoms with van der Waals surface area (Å²) < 4.78 is 32.5. The van der Waals surface area contributed by atoms with Crippen LogP contribution in [0.15, 0.2) is 85.1 Å². The van der Waals surface area contributed by atoms with Crippen molar-refractivity contribution in [2.24, 2.45) is 5.73 Å². The molecular weight excluding hydrogens is 761 g/mol. The number of rotatable bonds is 38. The summed E-state index contributed by atoms with van der Waals surface area (Å²) in [5.41, 5.74) is 5.32. The first-order chi connectivity index (χ1) is 28.0. The molecule has 0 radical (unpaired) electrons. The summed E-state index contributed by atoms with van der Waals surface area (Å²) in [6.45, 7) is 3.08. The van der Waals surface area contributed by atoms with Crippen LogP contribution in [0, 0.1) is 0 Å². The van der Waals surface area contributed by atoms with Crippen LogP contribution in [0.3, 0.4) is 0 Å².